The van der Waals surface area contributed by atoms with E-state index in [0.29, 0.717) is 6.54 Å². The zero-order chi connectivity index (χ0) is 14.4. The monoisotopic (exact) mass is 308 g/mol. The number of phenolic OH excluding ortho intramolecular Hbond substituents is 1. The maximum atomic E-state index is 11.9. The molecule has 0 heterocycles. The third-order valence-electron chi connectivity index (χ3n) is 2.97. The molecule has 0 unspecified atom stereocenters. The minimum atomic E-state index is -0.355. The van der Waals surface area contributed by atoms with Gasteiger partial charge in [0.1, 0.15) is 5.75 Å². The van der Waals surface area contributed by atoms with E-state index in [-0.39, 0.29) is 57.5 Å². The number of anilines is 1. The van der Waals surface area contributed by atoms with Crippen LogP contribution in [-0.4, -0.2) is 71.6 Å². The molecule has 107 valence electrons. The average molecular weight is 309 g/mol. The molecule has 0 aliphatic rings. The number of nitrogen functional groups attached to an aromatic ring is 1. The van der Waals surface area contributed by atoms with Crippen LogP contribution in [0, 0.1) is 0 Å². The molecule has 0 aromatic heterocycles. The van der Waals surface area contributed by atoms with Crippen molar-refractivity contribution in [1.82, 2.24) is 10.2 Å². The maximum Gasteiger partial charge on any atom is 0.255 e. The molecule has 7 heteroatoms. The number of carbonyl (C=O) groups excluding carboxylic acids is 1. The van der Waals surface area contributed by atoms with Crippen LogP contribution in [0.15, 0.2) is 12.1 Å². The van der Waals surface area contributed by atoms with E-state index in [1.807, 2.05) is 0 Å². The number of aromatic hydroxyl groups is 1. The van der Waals surface area contributed by atoms with E-state index in [4.69, 9.17) is 17.3 Å². The third-order valence-corrected chi connectivity index (χ3v) is 3.29. The van der Waals surface area contributed by atoms with Gasteiger partial charge in [0.25, 0.3) is 5.91 Å². The molecule has 5 nitrogen and oxygen atoms in total. The van der Waals surface area contributed by atoms with Crippen LogP contribution in [0.5, 0.6) is 5.75 Å². The van der Waals surface area contributed by atoms with Crippen molar-refractivity contribution in [3.63, 3.8) is 0 Å². The number of benzene rings is 1. The number of nitrogens with one attached hydrogen (secondary N) is 1. The molecule has 0 bridgehead atoms. The molecule has 1 rings (SSSR count). The van der Waals surface area contributed by atoms with Crippen LogP contribution < -0.4 is 11.1 Å². The summed E-state index contributed by atoms with van der Waals surface area (Å²) in [5.74, 6) is -0.520. The summed E-state index contributed by atoms with van der Waals surface area (Å²) in [5, 5.41) is 12.7. The first kappa shape index (κ1) is 19.5. The molecule has 0 fully saturated rings. The van der Waals surface area contributed by atoms with Gasteiger partial charge in [0.2, 0.25) is 0 Å². The Hall–Kier alpha value is -0.460. The smallest absolute Gasteiger partial charge is 0.255 e. The largest absolute Gasteiger partial charge is 0.507 e. The fourth-order valence-electron chi connectivity index (χ4n) is 1.72. The van der Waals surface area contributed by atoms with Crippen LogP contribution in [0.1, 0.15) is 24.2 Å². The SMILES string of the molecule is CCN(CC)CCNC(=O)c1cc(Cl)c(N)cc1O.[Na]. The zero-order valence-corrected chi connectivity index (χ0v) is 15.0. The van der Waals surface area contributed by atoms with E-state index in [1.54, 1.807) is 0 Å². The summed E-state index contributed by atoms with van der Waals surface area (Å²) in [5.41, 5.74) is 5.92. The van der Waals surface area contributed by atoms with Crippen LogP contribution in [0.3, 0.4) is 0 Å². The Bertz CT molecular complexity index is 453. The number of likely N-dealkylation sites (N-methyl/N-ethyl adjacent to an activating group) is 1. The molecular formula is C13H20ClN3NaO2. The number of phenols is 1. The van der Waals surface area contributed by atoms with Gasteiger partial charge in [-0.2, -0.15) is 0 Å². The van der Waals surface area contributed by atoms with Crippen LogP contribution >= 0.6 is 11.6 Å². The normalized spacial score (nSPS) is 10.2. The minimum Gasteiger partial charge on any atom is -0.507 e. The number of nitrogens with zero attached hydrogens (tertiary/aromatic N) is 1. The summed E-state index contributed by atoms with van der Waals surface area (Å²) >= 11 is 5.83. The van der Waals surface area contributed by atoms with Crippen molar-refractivity contribution in [2.45, 2.75) is 13.8 Å². The molecule has 0 atom stereocenters. The molecule has 0 saturated carbocycles. The number of rotatable bonds is 6. The van der Waals surface area contributed by atoms with Gasteiger partial charge in [-0.3, -0.25) is 4.79 Å². The van der Waals surface area contributed by atoms with E-state index in [0.717, 1.165) is 19.6 Å². The Morgan fingerprint density at radius 3 is 2.55 bits per heavy atom. The second kappa shape index (κ2) is 9.47. The van der Waals surface area contributed by atoms with Gasteiger partial charge in [-0.25, -0.2) is 0 Å². The third kappa shape index (κ3) is 5.50. The fourth-order valence-corrected chi connectivity index (χ4v) is 1.89. The Morgan fingerprint density at radius 2 is 2.00 bits per heavy atom. The van der Waals surface area contributed by atoms with Crippen molar-refractivity contribution in [1.29, 1.82) is 0 Å². The second-order valence-corrected chi connectivity index (χ2v) is 4.58. The summed E-state index contributed by atoms with van der Waals surface area (Å²) < 4.78 is 0. The van der Waals surface area contributed by atoms with Crippen molar-refractivity contribution in [3.05, 3.63) is 22.7 Å². The van der Waals surface area contributed by atoms with Crippen molar-refractivity contribution in [2.75, 3.05) is 31.9 Å². The Labute approximate surface area is 146 Å². The van der Waals surface area contributed by atoms with Crippen LogP contribution in [0.25, 0.3) is 0 Å². The molecule has 0 saturated heterocycles. The van der Waals surface area contributed by atoms with Crippen molar-refractivity contribution in [3.8, 4) is 5.75 Å². The molecule has 1 radical (unpaired) electrons. The molecular weight excluding hydrogens is 289 g/mol. The van der Waals surface area contributed by atoms with Crippen molar-refractivity contribution < 1.29 is 9.90 Å². The average Bonchev–Trinajstić information content (AvgIpc) is 2.38. The molecule has 4 N–H and O–H groups in total. The number of hydrogen-bond donors (Lipinski definition) is 3. The molecule has 0 aliphatic carbocycles. The first-order valence-corrected chi connectivity index (χ1v) is 6.65. The van der Waals surface area contributed by atoms with Crippen molar-refractivity contribution >= 4 is 52.8 Å². The summed E-state index contributed by atoms with van der Waals surface area (Å²) in [4.78, 5) is 14.1. The summed E-state index contributed by atoms with van der Waals surface area (Å²) in [6.07, 6.45) is 0. The minimum absolute atomic E-state index is 0. The van der Waals surface area contributed by atoms with E-state index in [2.05, 4.69) is 24.1 Å². The molecule has 1 amide bonds. The van der Waals surface area contributed by atoms with E-state index >= 15 is 0 Å². The standard InChI is InChI=1S/C13H20ClN3O2.Na/c1-3-17(4-2)6-5-16-13(19)9-7-10(14)11(15)8-12(9)18;/h7-8,18H,3-6,15H2,1-2H3,(H,16,19);. The van der Waals surface area contributed by atoms with Gasteiger partial charge in [0, 0.05) is 48.7 Å². The van der Waals surface area contributed by atoms with Gasteiger partial charge in [-0.05, 0) is 19.2 Å². The Morgan fingerprint density at radius 1 is 1.40 bits per heavy atom. The topological polar surface area (TPSA) is 78.6 Å². The number of carbonyl (C=O) groups is 1. The van der Waals surface area contributed by atoms with Crippen LogP contribution in [0.2, 0.25) is 5.02 Å². The molecule has 1 aromatic carbocycles. The van der Waals surface area contributed by atoms with Gasteiger partial charge in [0.05, 0.1) is 16.3 Å². The zero-order valence-electron chi connectivity index (χ0n) is 12.2. The second-order valence-electron chi connectivity index (χ2n) is 4.17. The number of hydrogen-bond acceptors (Lipinski definition) is 4. The summed E-state index contributed by atoms with van der Waals surface area (Å²) in [6, 6.07) is 2.65. The van der Waals surface area contributed by atoms with Gasteiger partial charge < -0.3 is 21.1 Å². The molecule has 0 aliphatic heterocycles. The number of nitrogens with two attached hydrogens (primary N) is 1. The Kier molecular flexibility index (Phi) is 9.25. The van der Waals surface area contributed by atoms with Gasteiger partial charge in [-0.15, -0.1) is 0 Å². The first-order chi connectivity index (χ1) is 8.99. The van der Waals surface area contributed by atoms with Gasteiger partial charge >= 0.3 is 0 Å². The van der Waals surface area contributed by atoms with Crippen LogP contribution in [0.4, 0.5) is 5.69 Å². The fraction of sp³-hybridized carbons (Fsp3) is 0.462. The molecule has 0 spiro atoms. The Balaban J connectivity index is 0.00000361. The van der Waals surface area contributed by atoms with E-state index < -0.39 is 0 Å². The quantitative estimate of drug-likeness (QED) is 0.547. The number of amides is 1. The van der Waals surface area contributed by atoms with E-state index in [1.165, 1.54) is 12.1 Å². The van der Waals surface area contributed by atoms with E-state index in [9.17, 15) is 9.90 Å². The van der Waals surface area contributed by atoms with Crippen molar-refractivity contribution in [2.24, 2.45) is 0 Å². The van der Waals surface area contributed by atoms with Crippen LogP contribution in [-0.2, 0) is 0 Å². The molecule has 20 heavy (non-hydrogen) atoms. The maximum absolute atomic E-state index is 11.9. The summed E-state index contributed by atoms with van der Waals surface area (Å²) in [7, 11) is 0. The number of halogens is 1. The summed E-state index contributed by atoms with van der Waals surface area (Å²) in [6.45, 7) is 7.29. The van der Waals surface area contributed by atoms with Gasteiger partial charge in [-0.1, -0.05) is 25.4 Å². The predicted octanol–water partition coefficient (Wildman–Crippen LogP) is 1.32. The van der Waals surface area contributed by atoms with Gasteiger partial charge in [0.15, 0.2) is 0 Å². The first-order valence-electron chi connectivity index (χ1n) is 6.28. The predicted molar refractivity (Wildman–Crippen MR) is 83.4 cm³/mol. The molecule has 1 aromatic rings.